The first-order valence-electron chi connectivity index (χ1n) is 8.93. The van der Waals surface area contributed by atoms with E-state index in [0.29, 0.717) is 16.7 Å². The van der Waals surface area contributed by atoms with E-state index in [2.05, 4.69) is 0 Å². The first-order chi connectivity index (χ1) is 14.4. The van der Waals surface area contributed by atoms with Crippen LogP contribution >= 0.6 is 0 Å². The predicted octanol–water partition coefficient (Wildman–Crippen LogP) is 2.01. The minimum atomic E-state index is -4.84. The molecule has 162 valence electrons. The Bertz CT molecular complexity index is 1420. The van der Waals surface area contributed by atoms with E-state index in [0.717, 1.165) is 5.56 Å². The van der Waals surface area contributed by atoms with Crippen LogP contribution in [-0.2, 0) is 20.2 Å². The van der Waals surface area contributed by atoms with E-state index in [1.54, 1.807) is 12.1 Å². The molecule has 31 heavy (non-hydrogen) atoms. The van der Waals surface area contributed by atoms with Gasteiger partial charge in [-0.25, -0.2) is 0 Å². The lowest BCUT2D eigenvalue weighted by Gasteiger charge is -2.34. The molecule has 2 aliphatic rings. The fourth-order valence-corrected chi connectivity index (χ4v) is 5.30. The van der Waals surface area contributed by atoms with Crippen LogP contribution in [0.1, 0.15) is 16.7 Å². The van der Waals surface area contributed by atoms with Gasteiger partial charge in [-0.1, -0.05) is 35.9 Å². The van der Waals surface area contributed by atoms with Crippen LogP contribution in [0.2, 0.25) is 0 Å². The first kappa shape index (κ1) is 21.1. The number of aryl methyl sites for hydroxylation is 1. The summed E-state index contributed by atoms with van der Waals surface area (Å²) in [5, 5.41) is 0. The molecule has 0 aromatic heterocycles. The smallest absolute Gasteiger partial charge is 0.300 e. The van der Waals surface area contributed by atoms with Crippen molar-refractivity contribution in [1.29, 1.82) is 0 Å². The van der Waals surface area contributed by atoms with Crippen LogP contribution in [0.4, 0.5) is 5.69 Å². The molecule has 11 heteroatoms. The van der Waals surface area contributed by atoms with Gasteiger partial charge in [-0.05, 0) is 36.3 Å². The van der Waals surface area contributed by atoms with Crippen molar-refractivity contribution < 1.29 is 30.7 Å². The Morgan fingerprint density at radius 2 is 1.55 bits per heavy atom. The Labute approximate surface area is 178 Å². The summed E-state index contributed by atoms with van der Waals surface area (Å²) in [4.78, 5) is -1.33. The van der Waals surface area contributed by atoms with E-state index in [-0.39, 0.29) is 22.7 Å². The monoisotopic (exact) mass is 462 g/mol. The van der Waals surface area contributed by atoms with Crippen molar-refractivity contribution in [3.8, 4) is 5.75 Å². The third-order valence-electron chi connectivity index (χ3n) is 5.06. The van der Waals surface area contributed by atoms with Crippen molar-refractivity contribution in [2.75, 3.05) is 5.73 Å². The van der Waals surface area contributed by atoms with Crippen LogP contribution in [-0.4, -0.2) is 32.0 Å². The van der Waals surface area contributed by atoms with Gasteiger partial charge in [0.25, 0.3) is 20.2 Å². The molecule has 0 radical (unpaired) electrons. The molecule has 2 aromatic rings. The Morgan fingerprint density at radius 3 is 2.13 bits per heavy atom. The standard InChI is InChI=1S/C20H18N2O7S2/c1-10-2-4-11(5-3-10)16-12-6-8-14(21)19(30(23,24)25)17(12)29-18-13(16)7-9-15(22)20(18)31(26,27)28/h2-9,17H,21-22H2,1H3,(H,23,24,25)(H,26,27,28). The average Bonchev–Trinajstić information content (AvgIpc) is 2.64. The fraction of sp³-hybridized carbons (Fsp3) is 0.100. The van der Waals surface area contributed by atoms with Gasteiger partial charge in [-0.15, -0.1) is 0 Å². The molecule has 0 amide bonds. The molecule has 1 aliphatic carbocycles. The topological polar surface area (TPSA) is 170 Å². The van der Waals surface area contributed by atoms with Crippen LogP contribution in [0.5, 0.6) is 5.75 Å². The molecule has 9 nitrogen and oxygen atoms in total. The molecule has 0 fully saturated rings. The summed E-state index contributed by atoms with van der Waals surface area (Å²) in [6, 6.07) is 10.0. The number of nitrogen functional groups attached to an aromatic ring is 1. The van der Waals surface area contributed by atoms with Crippen molar-refractivity contribution in [1.82, 2.24) is 0 Å². The largest absolute Gasteiger partial charge is 0.478 e. The van der Waals surface area contributed by atoms with E-state index < -0.39 is 36.1 Å². The molecule has 4 rings (SSSR count). The van der Waals surface area contributed by atoms with Crippen molar-refractivity contribution in [3.05, 3.63) is 81.4 Å². The van der Waals surface area contributed by atoms with Gasteiger partial charge in [0.05, 0.1) is 11.4 Å². The molecule has 0 bridgehead atoms. The maximum Gasteiger partial charge on any atom is 0.300 e. The maximum atomic E-state index is 12.1. The zero-order chi connectivity index (χ0) is 22.7. The lowest BCUT2D eigenvalue weighted by molar-refractivity contribution is 0.265. The zero-order valence-corrected chi connectivity index (χ0v) is 17.7. The van der Waals surface area contributed by atoms with Gasteiger partial charge in [0.1, 0.15) is 4.91 Å². The van der Waals surface area contributed by atoms with E-state index in [9.17, 15) is 25.9 Å². The van der Waals surface area contributed by atoms with E-state index in [4.69, 9.17) is 16.2 Å². The lowest BCUT2D eigenvalue weighted by atomic mass is 9.85. The number of anilines is 1. The van der Waals surface area contributed by atoms with E-state index >= 15 is 0 Å². The van der Waals surface area contributed by atoms with Gasteiger partial charge in [-0.3, -0.25) is 9.11 Å². The zero-order valence-electron chi connectivity index (χ0n) is 16.1. The molecule has 0 saturated heterocycles. The molecule has 1 unspecified atom stereocenters. The molecule has 1 heterocycles. The van der Waals surface area contributed by atoms with Gasteiger partial charge in [-0.2, -0.15) is 16.8 Å². The highest BCUT2D eigenvalue weighted by Gasteiger charge is 2.41. The molecule has 0 saturated carbocycles. The van der Waals surface area contributed by atoms with E-state index in [1.807, 2.05) is 19.1 Å². The number of nitrogens with two attached hydrogens (primary N) is 2. The Balaban J connectivity index is 2.14. The van der Waals surface area contributed by atoms with Gasteiger partial charge >= 0.3 is 0 Å². The maximum absolute atomic E-state index is 12.1. The predicted molar refractivity (Wildman–Crippen MR) is 114 cm³/mol. The number of fused-ring (bicyclic) bond motifs is 2. The number of ether oxygens (including phenoxy) is 1. The third-order valence-corrected chi connectivity index (χ3v) is 7.00. The number of rotatable bonds is 3. The second-order valence-corrected chi connectivity index (χ2v) is 9.91. The second kappa shape index (κ2) is 6.95. The van der Waals surface area contributed by atoms with Gasteiger partial charge in [0.2, 0.25) is 0 Å². The van der Waals surface area contributed by atoms with Crippen molar-refractivity contribution >= 4 is 31.5 Å². The lowest BCUT2D eigenvalue weighted by Crippen LogP contribution is -2.34. The normalized spacial score (nSPS) is 18.5. The van der Waals surface area contributed by atoms with Crippen LogP contribution in [0, 0.1) is 6.92 Å². The SMILES string of the molecule is Cc1ccc(C2=C3C=CC(N)=C(S(=O)(=O)O)C3Oc3c2ccc(N)c3S(=O)(=O)O)cc1. The molecule has 1 aliphatic heterocycles. The van der Waals surface area contributed by atoms with Crippen LogP contribution < -0.4 is 16.2 Å². The Kier molecular flexibility index (Phi) is 4.74. The number of benzene rings is 2. The Hall–Kier alpha value is -3.12. The highest BCUT2D eigenvalue weighted by molar-refractivity contribution is 7.90. The van der Waals surface area contributed by atoms with Gasteiger partial charge < -0.3 is 16.2 Å². The summed E-state index contributed by atoms with van der Waals surface area (Å²) in [5.74, 6) is -0.337. The summed E-state index contributed by atoms with van der Waals surface area (Å²) < 4.78 is 73.6. The molecular weight excluding hydrogens is 444 g/mol. The third kappa shape index (κ3) is 3.51. The fourth-order valence-electron chi connectivity index (χ4n) is 3.73. The summed E-state index contributed by atoms with van der Waals surface area (Å²) in [7, 11) is -9.66. The van der Waals surface area contributed by atoms with E-state index in [1.165, 1.54) is 24.3 Å². The first-order valence-corrected chi connectivity index (χ1v) is 11.8. The van der Waals surface area contributed by atoms with Gasteiger partial charge in [0, 0.05) is 11.1 Å². The summed E-state index contributed by atoms with van der Waals surface area (Å²) in [5.41, 5.74) is 13.7. The Morgan fingerprint density at radius 1 is 0.903 bits per heavy atom. The summed E-state index contributed by atoms with van der Waals surface area (Å²) in [6.07, 6.45) is 1.40. The molecular formula is C20H18N2O7S2. The minimum Gasteiger partial charge on any atom is -0.478 e. The molecule has 2 aromatic carbocycles. The minimum absolute atomic E-state index is 0.264. The van der Waals surface area contributed by atoms with Crippen molar-refractivity contribution in [3.63, 3.8) is 0 Å². The van der Waals surface area contributed by atoms with Crippen LogP contribution in [0.15, 0.2) is 69.6 Å². The number of hydrogen-bond acceptors (Lipinski definition) is 7. The molecule has 6 N–H and O–H groups in total. The summed E-state index contributed by atoms with van der Waals surface area (Å²) >= 11 is 0. The van der Waals surface area contributed by atoms with Crippen LogP contribution in [0.3, 0.4) is 0 Å². The summed E-state index contributed by atoms with van der Waals surface area (Å²) in [6.45, 7) is 1.89. The number of allylic oxidation sites excluding steroid dienone is 1. The average molecular weight is 463 g/mol. The van der Waals surface area contributed by atoms with Crippen molar-refractivity contribution in [2.24, 2.45) is 5.73 Å². The molecule has 1 atom stereocenters. The number of hydrogen-bond donors (Lipinski definition) is 4. The van der Waals surface area contributed by atoms with Crippen molar-refractivity contribution in [2.45, 2.75) is 17.9 Å². The quantitative estimate of drug-likeness (QED) is 0.393. The van der Waals surface area contributed by atoms with Gasteiger partial charge in [0.15, 0.2) is 16.7 Å². The molecule has 0 spiro atoms. The second-order valence-electron chi connectivity index (χ2n) is 7.16. The van der Waals surface area contributed by atoms with Crippen LogP contribution in [0.25, 0.3) is 5.57 Å². The highest BCUT2D eigenvalue weighted by Crippen LogP contribution is 2.48. The highest BCUT2D eigenvalue weighted by atomic mass is 32.2.